The lowest BCUT2D eigenvalue weighted by Crippen LogP contribution is -2.02. The zero-order valence-electron chi connectivity index (χ0n) is 25.3. The summed E-state index contributed by atoms with van der Waals surface area (Å²) in [6.45, 7) is 6.40. The summed E-state index contributed by atoms with van der Waals surface area (Å²) in [6, 6.07) is 43.9. The van der Waals surface area contributed by atoms with Gasteiger partial charge in [-0.15, -0.1) is 11.3 Å². The van der Waals surface area contributed by atoms with Crippen molar-refractivity contribution in [3.8, 4) is 28.2 Å². The molecule has 0 aliphatic heterocycles. The van der Waals surface area contributed by atoms with Gasteiger partial charge in [0.05, 0.1) is 42.9 Å². The second kappa shape index (κ2) is 9.85. The zero-order chi connectivity index (χ0) is 30.2. The van der Waals surface area contributed by atoms with Gasteiger partial charge < -0.3 is 4.57 Å². The lowest BCUT2D eigenvalue weighted by atomic mass is 9.93. The van der Waals surface area contributed by atoms with E-state index in [1.807, 2.05) is 11.3 Å². The lowest BCUT2D eigenvalue weighted by Gasteiger charge is -2.20. The van der Waals surface area contributed by atoms with Crippen LogP contribution in [0.5, 0.6) is 0 Å². The number of pyridine rings is 2. The number of hydrogen-bond acceptors (Lipinski definition) is 3. The van der Waals surface area contributed by atoms with Crippen LogP contribution in [0.1, 0.15) is 16.7 Å². The van der Waals surface area contributed by atoms with Gasteiger partial charge in [-0.3, -0.25) is 0 Å². The van der Waals surface area contributed by atoms with Gasteiger partial charge in [-0.2, -0.15) is 0 Å². The third-order valence-electron chi connectivity index (χ3n) is 9.00. The number of hydrogen-bond donors (Lipinski definition) is 0. The second-order valence-electron chi connectivity index (χ2n) is 12.1. The summed E-state index contributed by atoms with van der Waals surface area (Å²) in [5.41, 5.74) is 13.3. The minimum Gasteiger partial charge on any atom is -0.307 e. The fourth-order valence-electron chi connectivity index (χ4n) is 6.70. The van der Waals surface area contributed by atoms with Crippen LogP contribution in [0.25, 0.3) is 81.2 Å². The van der Waals surface area contributed by atoms with Crippen molar-refractivity contribution in [2.24, 2.45) is 0 Å². The van der Waals surface area contributed by atoms with Crippen LogP contribution in [0.2, 0.25) is 0 Å². The molecule has 0 aliphatic rings. The first kappa shape index (κ1) is 26.1. The first-order valence-corrected chi connectivity index (χ1v) is 16.2. The van der Waals surface area contributed by atoms with Crippen molar-refractivity contribution in [3.63, 3.8) is 0 Å². The third-order valence-corrected chi connectivity index (χ3v) is 10.2. The van der Waals surface area contributed by atoms with Crippen molar-refractivity contribution in [3.05, 3.63) is 138 Å². The minimum atomic E-state index is 0.961. The molecule has 0 saturated heterocycles. The SMILES string of the molecule is Cc1ccc(-c2nc3cc4c(sc5ccccc5n4-c4ccc(C)cc4)c4nc(-c5ccc(C)cc5)c5cccc2c5c34)cc1. The fraction of sp³-hybridized carbons (Fsp3) is 0.0732. The Hall–Kier alpha value is -5.32. The highest BCUT2D eigenvalue weighted by molar-refractivity contribution is 7.25. The highest BCUT2D eigenvalue weighted by Crippen LogP contribution is 2.45. The van der Waals surface area contributed by atoms with Crippen LogP contribution >= 0.6 is 11.3 Å². The van der Waals surface area contributed by atoms with E-state index in [9.17, 15) is 0 Å². The third kappa shape index (κ3) is 4.03. The Morgan fingerprint density at radius 3 is 1.76 bits per heavy atom. The Morgan fingerprint density at radius 2 is 1.11 bits per heavy atom. The molecule has 3 heterocycles. The number of para-hydroxylation sites is 1. The van der Waals surface area contributed by atoms with Crippen LogP contribution in [-0.4, -0.2) is 14.5 Å². The van der Waals surface area contributed by atoms with Crippen LogP contribution in [-0.2, 0) is 0 Å². The second-order valence-corrected chi connectivity index (χ2v) is 13.1. The molecule has 9 aromatic rings. The van der Waals surface area contributed by atoms with Crippen molar-refractivity contribution in [1.82, 2.24) is 14.5 Å². The van der Waals surface area contributed by atoms with E-state index >= 15 is 0 Å². The summed E-state index contributed by atoms with van der Waals surface area (Å²) in [4.78, 5) is 11.0. The van der Waals surface area contributed by atoms with Crippen molar-refractivity contribution in [2.45, 2.75) is 20.8 Å². The summed E-state index contributed by atoms with van der Waals surface area (Å²) in [6.07, 6.45) is 0. The molecule has 4 heteroatoms. The number of nitrogens with zero attached hydrogens (tertiary/aromatic N) is 3. The molecule has 3 nitrogen and oxygen atoms in total. The van der Waals surface area contributed by atoms with Gasteiger partial charge in [-0.1, -0.05) is 108 Å². The fourth-order valence-corrected chi connectivity index (χ4v) is 7.83. The molecule has 0 atom stereocenters. The van der Waals surface area contributed by atoms with Crippen molar-refractivity contribution >= 4 is 64.3 Å². The van der Waals surface area contributed by atoms with Crippen LogP contribution in [0.15, 0.2) is 121 Å². The standard InChI is InChI=1S/C41H29N3S/c1-24-11-17-27(18-12-24)38-30-7-6-8-31-36(30)37-32(42-38)23-34-41(40(37)43-39(31)28-19-13-25(2)14-20-28)45-35-10-5-4-9-33(35)44(34)29-21-15-26(3)16-22-29/h4-23H,1-3H3. The van der Waals surface area contributed by atoms with E-state index in [4.69, 9.17) is 9.97 Å². The molecule has 45 heavy (non-hydrogen) atoms. The maximum atomic E-state index is 5.56. The van der Waals surface area contributed by atoms with Crippen LogP contribution in [0, 0.1) is 20.8 Å². The predicted molar refractivity (Wildman–Crippen MR) is 192 cm³/mol. The minimum absolute atomic E-state index is 0.961. The number of aromatic nitrogens is 3. The van der Waals surface area contributed by atoms with E-state index in [1.54, 1.807) is 0 Å². The highest BCUT2D eigenvalue weighted by Gasteiger charge is 2.22. The Morgan fingerprint density at radius 1 is 0.533 bits per heavy atom. The number of fused-ring (bicyclic) bond motifs is 3. The number of rotatable bonds is 3. The zero-order valence-corrected chi connectivity index (χ0v) is 26.1. The number of aryl methyl sites for hydroxylation is 3. The van der Waals surface area contributed by atoms with E-state index in [-0.39, 0.29) is 0 Å². The summed E-state index contributed by atoms with van der Waals surface area (Å²) >= 11 is 1.81. The number of benzene rings is 6. The molecular weight excluding hydrogens is 567 g/mol. The topological polar surface area (TPSA) is 30.7 Å². The highest BCUT2D eigenvalue weighted by atomic mass is 32.1. The van der Waals surface area contributed by atoms with Gasteiger partial charge in [0.15, 0.2) is 0 Å². The van der Waals surface area contributed by atoms with Gasteiger partial charge in [0.25, 0.3) is 0 Å². The van der Waals surface area contributed by atoms with Gasteiger partial charge in [0.1, 0.15) is 0 Å². The summed E-state index contributed by atoms with van der Waals surface area (Å²) in [7, 11) is 0. The summed E-state index contributed by atoms with van der Waals surface area (Å²) < 4.78 is 4.76. The van der Waals surface area contributed by atoms with Crippen molar-refractivity contribution in [1.29, 1.82) is 0 Å². The molecule has 0 fully saturated rings. The molecule has 0 radical (unpaired) electrons. The maximum absolute atomic E-state index is 5.56. The van der Waals surface area contributed by atoms with E-state index in [0.29, 0.717) is 0 Å². The first-order chi connectivity index (χ1) is 22.0. The van der Waals surface area contributed by atoms with Crippen molar-refractivity contribution < 1.29 is 0 Å². The van der Waals surface area contributed by atoms with Crippen LogP contribution in [0.3, 0.4) is 0 Å². The van der Waals surface area contributed by atoms with E-state index in [1.165, 1.54) is 32.3 Å². The van der Waals surface area contributed by atoms with E-state index in [2.05, 4.69) is 147 Å². The normalized spacial score (nSPS) is 11.9. The molecule has 3 aromatic heterocycles. The molecule has 0 unspecified atom stereocenters. The van der Waals surface area contributed by atoms with E-state index < -0.39 is 0 Å². The Balaban J connectivity index is 1.53. The predicted octanol–water partition coefficient (Wildman–Crippen LogP) is 11.4. The van der Waals surface area contributed by atoms with Gasteiger partial charge in [0.2, 0.25) is 0 Å². The van der Waals surface area contributed by atoms with Crippen molar-refractivity contribution in [2.75, 3.05) is 0 Å². The average Bonchev–Trinajstić information content (AvgIpc) is 3.07. The van der Waals surface area contributed by atoms with Gasteiger partial charge >= 0.3 is 0 Å². The molecule has 0 spiro atoms. The van der Waals surface area contributed by atoms with Crippen LogP contribution in [0.4, 0.5) is 0 Å². The molecule has 0 N–H and O–H groups in total. The quantitative estimate of drug-likeness (QED) is 0.150. The average molecular weight is 596 g/mol. The first-order valence-electron chi connectivity index (χ1n) is 15.3. The summed E-state index contributed by atoms with van der Waals surface area (Å²) in [5.74, 6) is 0. The van der Waals surface area contributed by atoms with Gasteiger partial charge in [0, 0.05) is 38.4 Å². The van der Waals surface area contributed by atoms with Crippen LogP contribution < -0.4 is 0 Å². The molecule has 0 saturated carbocycles. The molecular formula is C41H29N3S. The molecule has 0 amide bonds. The van der Waals surface area contributed by atoms with Gasteiger partial charge in [-0.05, 0) is 51.1 Å². The monoisotopic (exact) mass is 595 g/mol. The Labute approximate surface area is 265 Å². The molecule has 0 bridgehead atoms. The summed E-state index contributed by atoms with van der Waals surface area (Å²) in [5, 5.41) is 4.66. The molecule has 0 aliphatic carbocycles. The maximum Gasteiger partial charge on any atom is 0.0931 e. The Bertz CT molecular complexity index is 2570. The van der Waals surface area contributed by atoms with Gasteiger partial charge in [-0.25, -0.2) is 9.97 Å². The Kier molecular flexibility index (Phi) is 5.71. The largest absolute Gasteiger partial charge is 0.307 e. The molecule has 9 rings (SSSR count). The van der Waals surface area contributed by atoms with E-state index in [0.717, 1.165) is 65.6 Å². The molecule has 214 valence electrons. The lowest BCUT2D eigenvalue weighted by molar-refractivity contribution is 1.17. The smallest absolute Gasteiger partial charge is 0.0931 e. The molecule has 6 aromatic carbocycles.